The zero-order chi connectivity index (χ0) is 24.9. The van der Waals surface area contributed by atoms with E-state index in [1.807, 2.05) is 0 Å². The fourth-order valence-corrected chi connectivity index (χ4v) is 5.08. The summed E-state index contributed by atoms with van der Waals surface area (Å²) in [7, 11) is -3.59. The first-order valence-corrected chi connectivity index (χ1v) is 13.6. The van der Waals surface area contributed by atoms with Crippen LogP contribution >= 0.6 is 23.2 Å². The van der Waals surface area contributed by atoms with Gasteiger partial charge >= 0.3 is 0 Å². The molecule has 0 bridgehead atoms. The lowest BCUT2D eigenvalue weighted by molar-refractivity contribution is 0.0951. The monoisotopic (exact) mass is 518 g/mol. The summed E-state index contributed by atoms with van der Waals surface area (Å²) >= 11 is 12.1. The predicted octanol–water partition coefficient (Wildman–Crippen LogP) is 6.01. The predicted molar refractivity (Wildman–Crippen MR) is 140 cm³/mol. The molecule has 3 rings (SSSR count). The molecule has 1 N–H and O–H groups in total. The second kappa shape index (κ2) is 11.3. The third kappa shape index (κ3) is 6.75. The van der Waals surface area contributed by atoms with Gasteiger partial charge in [-0.05, 0) is 65.4 Å². The van der Waals surface area contributed by atoms with Gasteiger partial charge < -0.3 is 5.32 Å². The van der Waals surface area contributed by atoms with Crippen LogP contribution in [-0.4, -0.2) is 20.6 Å². The van der Waals surface area contributed by atoms with Crippen molar-refractivity contribution in [2.75, 3.05) is 10.6 Å². The molecule has 0 heterocycles. The Bertz CT molecular complexity index is 1260. The van der Waals surface area contributed by atoms with Gasteiger partial charge in [-0.15, -0.1) is 0 Å². The number of sulfonamides is 1. The van der Waals surface area contributed by atoms with Gasteiger partial charge in [-0.2, -0.15) is 0 Å². The molecule has 0 atom stereocenters. The number of halogens is 2. The molecule has 0 aromatic heterocycles. The Labute approximate surface area is 211 Å². The van der Waals surface area contributed by atoms with Crippen LogP contribution in [0.1, 0.15) is 46.5 Å². The van der Waals surface area contributed by atoms with E-state index in [1.165, 1.54) is 15.4 Å². The normalized spacial score (nSPS) is 11.3. The lowest BCUT2D eigenvalue weighted by Gasteiger charge is -2.23. The topological polar surface area (TPSA) is 66.5 Å². The van der Waals surface area contributed by atoms with Gasteiger partial charge in [-0.1, -0.05) is 67.4 Å². The number of anilines is 1. The quantitative estimate of drug-likeness (QED) is 0.376. The van der Waals surface area contributed by atoms with Crippen molar-refractivity contribution in [3.8, 4) is 0 Å². The Balaban J connectivity index is 1.73. The highest BCUT2D eigenvalue weighted by Gasteiger charge is 2.19. The van der Waals surface area contributed by atoms with E-state index in [2.05, 4.69) is 37.4 Å². The number of rotatable bonds is 9. The van der Waals surface area contributed by atoms with Crippen LogP contribution < -0.4 is 9.62 Å². The van der Waals surface area contributed by atoms with Gasteiger partial charge in [-0.3, -0.25) is 9.10 Å². The number of hydrogen-bond donors (Lipinski definition) is 1. The molecular formula is C26H28Cl2N2O3S. The summed E-state index contributed by atoms with van der Waals surface area (Å²) in [5.41, 5.74) is 5.18. The number of amides is 1. The van der Waals surface area contributed by atoms with Crippen molar-refractivity contribution in [2.45, 2.75) is 39.8 Å². The summed E-state index contributed by atoms with van der Waals surface area (Å²) in [5, 5.41) is 3.68. The molecule has 1 amide bonds. The van der Waals surface area contributed by atoms with Gasteiger partial charge in [0, 0.05) is 22.2 Å². The molecule has 5 nitrogen and oxygen atoms in total. The second-order valence-corrected chi connectivity index (χ2v) is 10.9. The lowest BCUT2D eigenvalue weighted by Crippen LogP contribution is -2.29. The molecule has 0 spiro atoms. The van der Waals surface area contributed by atoms with E-state index in [1.54, 1.807) is 42.5 Å². The van der Waals surface area contributed by atoms with Crippen LogP contribution in [0.3, 0.4) is 0 Å². The maximum absolute atomic E-state index is 12.7. The molecule has 180 valence electrons. The first kappa shape index (κ1) is 26.1. The van der Waals surface area contributed by atoms with Gasteiger partial charge in [-0.25, -0.2) is 8.42 Å². The van der Waals surface area contributed by atoms with Crippen LogP contribution in [-0.2, 0) is 36.0 Å². The Morgan fingerprint density at radius 2 is 1.47 bits per heavy atom. The molecule has 0 saturated heterocycles. The number of nitrogens with zero attached hydrogens (tertiary/aromatic N) is 1. The Kier molecular flexibility index (Phi) is 8.63. The van der Waals surface area contributed by atoms with Crippen molar-refractivity contribution in [2.24, 2.45) is 0 Å². The molecule has 8 heteroatoms. The van der Waals surface area contributed by atoms with Crippen LogP contribution in [0, 0.1) is 0 Å². The Morgan fingerprint density at radius 1 is 0.853 bits per heavy atom. The van der Waals surface area contributed by atoms with E-state index in [4.69, 9.17) is 23.2 Å². The fraction of sp³-hybridized carbons (Fsp3) is 0.269. The van der Waals surface area contributed by atoms with E-state index < -0.39 is 10.0 Å². The number of benzene rings is 3. The summed E-state index contributed by atoms with van der Waals surface area (Å²) < 4.78 is 26.1. The smallest absolute Gasteiger partial charge is 0.251 e. The molecule has 0 aliphatic carbocycles. The van der Waals surface area contributed by atoms with E-state index in [9.17, 15) is 13.2 Å². The number of carbonyl (C=O) groups excluding carboxylic acids is 1. The van der Waals surface area contributed by atoms with Gasteiger partial charge in [0.25, 0.3) is 5.91 Å². The zero-order valence-corrected chi connectivity index (χ0v) is 21.8. The van der Waals surface area contributed by atoms with Crippen molar-refractivity contribution in [3.05, 3.63) is 98.5 Å². The average molecular weight is 519 g/mol. The fourth-order valence-electron chi connectivity index (χ4n) is 3.70. The van der Waals surface area contributed by atoms with Gasteiger partial charge in [0.05, 0.1) is 18.5 Å². The summed E-state index contributed by atoms with van der Waals surface area (Å²) in [5.74, 6) is -0.183. The van der Waals surface area contributed by atoms with Crippen LogP contribution in [0.2, 0.25) is 10.0 Å². The SMILES string of the molecule is CCc1ccc(CC)c(CNC(=O)c2ccc(CN(c3cc(Cl)cc(Cl)c3)S(C)(=O)=O)cc2)c1. The van der Waals surface area contributed by atoms with Gasteiger partial charge in [0.15, 0.2) is 0 Å². The van der Waals surface area contributed by atoms with Crippen LogP contribution in [0.15, 0.2) is 60.7 Å². The number of nitrogens with one attached hydrogen (secondary N) is 1. The highest BCUT2D eigenvalue weighted by atomic mass is 35.5. The van der Waals surface area contributed by atoms with E-state index >= 15 is 0 Å². The molecule has 0 fully saturated rings. The van der Waals surface area contributed by atoms with E-state index in [-0.39, 0.29) is 12.5 Å². The summed E-state index contributed by atoms with van der Waals surface area (Å²) in [6, 6.07) is 17.9. The van der Waals surface area contributed by atoms with Crippen molar-refractivity contribution >= 4 is 44.8 Å². The minimum atomic E-state index is -3.59. The van der Waals surface area contributed by atoms with Gasteiger partial charge in [0.2, 0.25) is 10.0 Å². The maximum Gasteiger partial charge on any atom is 0.251 e. The second-order valence-electron chi connectivity index (χ2n) is 8.09. The molecule has 0 saturated carbocycles. The number of carbonyl (C=O) groups is 1. The number of aryl methyl sites for hydroxylation is 2. The zero-order valence-electron chi connectivity index (χ0n) is 19.4. The van der Waals surface area contributed by atoms with Crippen LogP contribution in [0.25, 0.3) is 0 Å². The summed E-state index contributed by atoms with van der Waals surface area (Å²) in [6.45, 7) is 4.74. The highest BCUT2D eigenvalue weighted by molar-refractivity contribution is 7.92. The van der Waals surface area contributed by atoms with Crippen molar-refractivity contribution in [1.29, 1.82) is 0 Å². The molecule has 0 aliphatic rings. The third-order valence-corrected chi connectivity index (χ3v) is 7.15. The van der Waals surface area contributed by atoms with Gasteiger partial charge in [0.1, 0.15) is 0 Å². The minimum Gasteiger partial charge on any atom is -0.348 e. The number of hydrogen-bond acceptors (Lipinski definition) is 3. The highest BCUT2D eigenvalue weighted by Crippen LogP contribution is 2.28. The molecule has 0 aliphatic heterocycles. The van der Waals surface area contributed by atoms with E-state index in [0.29, 0.717) is 27.8 Å². The Morgan fingerprint density at radius 3 is 2.03 bits per heavy atom. The third-order valence-electron chi connectivity index (χ3n) is 5.58. The molecule has 34 heavy (non-hydrogen) atoms. The molecule has 0 unspecified atom stereocenters. The first-order chi connectivity index (χ1) is 16.1. The largest absolute Gasteiger partial charge is 0.348 e. The first-order valence-electron chi connectivity index (χ1n) is 11.0. The van der Waals surface area contributed by atoms with Crippen molar-refractivity contribution < 1.29 is 13.2 Å². The van der Waals surface area contributed by atoms with Crippen LogP contribution in [0.4, 0.5) is 5.69 Å². The van der Waals surface area contributed by atoms with Crippen molar-refractivity contribution in [3.63, 3.8) is 0 Å². The maximum atomic E-state index is 12.7. The molecule has 3 aromatic rings. The molecule has 3 aromatic carbocycles. The average Bonchev–Trinajstić information content (AvgIpc) is 2.79. The minimum absolute atomic E-state index is 0.0844. The summed E-state index contributed by atoms with van der Waals surface area (Å²) in [6.07, 6.45) is 2.97. The lowest BCUT2D eigenvalue weighted by atomic mass is 10.0. The van der Waals surface area contributed by atoms with Crippen molar-refractivity contribution in [1.82, 2.24) is 5.32 Å². The molecule has 0 radical (unpaired) electrons. The van der Waals surface area contributed by atoms with E-state index in [0.717, 1.165) is 30.2 Å². The van der Waals surface area contributed by atoms with Crippen LogP contribution in [0.5, 0.6) is 0 Å². The summed E-state index contributed by atoms with van der Waals surface area (Å²) in [4.78, 5) is 12.7. The standard InChI is InChI=1S/C26H28Cl2N2O3S/c1-4-18-6-9-20(5-2)22(12-18)16-29-26(31)21-10-7-19(8-11-21)17-30(34(3,32)33)25-14-23(27)13-24(28)15-25/h6-15H,4-5,16-17H2,1-3H3,(H,29,31). The molecular weight excluding hydrogens is 491 g/mol. The Hall–Kier alpha value is -2.54.